The minimum Gasteiger partial charge on any atom is -0.448 e. The van der Waals surface area contributed by atoms with Crippen molar-refractivity contribution in [3.8, 4) is 5.69 Å². The Hall–Kier alpha value is -2.74. The third-order valence-electron chi connectivity index (χ3n) is 3.90. The Morgan fingerprint density at radius 2 is 1.89 bits per heavy atom. The van der Waals surface area contributed by atoms with Crippen LogP contribution in [0.5, 0.6) is 0 Å². The van der Waals surface area contributed by atoms with Crippen LogP contribution in [0.2, 0.25) is 0 Å². The van der Waals surface area contributed by atoms with Crippen LogP contribution < -0.4 is 5.32 Å². The highest BCUT2D eigenvalue weighted by molar-refractivity contribution is 7.20. The Morgan fingerprint density at radius 3 is 2.52 bits per heavy atom. The average molecular weight is 389 g/mol. The number of halogens is 1. The van der Waals surface area contributed by atoms with Gasteiger partial charge in [0.25, 0.3) is 5.91 Å². The highest BCUT2D eigenvalue weighted by Gasteiger charge is 2.23. The number of hydrogen-bond donors (Lipinski definition) is 1. The lowest BCUT2D eigenvalue weighted by molar-refractivity contribution is -0.129. The average Bonchev–Trinajstić information content (AvgIpc) is 3.16. The van der Waals surface area contributed by atoms with Crippen LogP contribution in [0.15, 0.2) is 30.3 Å². The van der Waals surface area contributed by atoms with E-state index in [4.69, 9.17) is 4.74 Å². The monoisotopic (exact) mass is 389 g/mol. The van der Waals surface area contributed by atoms with Crippen LogP contribution in [0.3, 0.4) is 0 Å². The minimum absolute atomic E-state index is 0.0349. The van der Waals surface area contributed by atoms with Crippen molar-refractivity contribution in [2.24, 2.45) is 0 Å². The molecule has 2 heterocycles. The number of rotatable bonds is 5. The molecule has 0 bridgehead atoms. The number of ether oxygens (including phenoxy) is 1. The zero-order valence-electron chi connectivity index (χ0n) is 15.4. The van der Waals surface area contributed by atoms with Gasteiger partial charge >= 0.3 is 5.97 Å². The molecule has 1 amide bonds. The predicted molar refractivity (Wildman–Crippen MR) is 102 cm³/mol. The highest BCUT2D eigenvalue weighted by Crippen LogP contribution is 2.31. The summed E-state index contributed by atoms with van der Waals surface area (Å²) in [6.45, 7) is 7.04. The molecule has 0 radical (unpaired) electrons. The van der Waals surface area contributed by atoms with E-state index in [1.807, 2.05) is 20.8 Å². The van der Waals surface area contributed by atoms with Crippen LogP contribution in [0.4, 0.5) is 4.39 Å². The van der Waals surface area contributed by atoms with Crippen LogP contribution in [-0.2, 0) is 9.53 Å². The van der Waals surface area contributed by atoms with Gasteiger partial charge in [-0.3, -0.25) is 4.79 Å². The van der Waals surface area contributed by atoms with E-state index in [1.54, 1.807) is 22.9 Å². The first-order valence-electron chi connectivity index (χ1n) is 8.52. The van der Waals surface area contributed by atoms with Crippen LogP contribution >= 0.6 is 11.3 Å². The van der Waals surface area contributed by atoms with Gasteiger partial charge in [-0.1, -0.05) is 0 Å². The number of benzene rings is 1. The molecule has 3 rings (SSSR count). The number of aryl methyl sites for hydroxylation is 1. The van der Waals surface area contributed by atoms with Crippen molar-refractivity contribution in [3.63, 3.8) is 0 Å². The number of fused-ring (bicyclic) bond motifs is 1. The van der Waals surface area contributed by atoms with Crippen molar-refractivity contribution < 1.29 is 18.7 Å². The third-order valence-corrected chi connectivity index (χ3v) is 4.99. The first-order valence-corrected chi connectivity index (χ1v) is 9.34. The molecule has 27 heavy (non-hydrogen) atoms. The molecule has 2 aromatic heterocycles. The van der Waals surface area contributed by atoms with Crippen molar-refractivity contribution in [1.29, 1.82) is 0 Å². The molecule has 0 aliphatic carbocycles. The number of thiophene rings is 1. The Bertz CT molecular complexity index is 992. The van der Waals surface area contributed by atoms with E-state index >= 15 is 0 Å². The van der Waals surface area contributed by atoms with E-state index in [0.717, 1.165) is 15.9 Å². The van der Waals surface area contributed by atoms with Gasteiger partial charge in [0.05, 0.1) is 11.4 Å². The zero-order valence-corrected chi connectivity index (χ0v) is 16.3. The van der Waals surface area contributed by atoms with Crippen molar-refractivity contribution in [1.82, 2.24) is 15.1 Å². The van der Waals surface area contributed by atoms with Gasteiger partial charge in [0.2, 0.25) is 0 Å². The normalized spacial score (nSPS) is 12.4. The number of nitrogens with zero attached hydrogens (tertiary/aromatic N) is 2. The number of nitrogens with one attached hydrogen (secondary N) is 1. The van der Waals surface area contributed by atoms with E-state index in [9.17, 15) is 14.0 Å². The summed E-state index contributed by atoms with van der Waals surface area (Å²) in [6.07, 6.45) is -0.889. The summed E-state index contributed by atoms with van der Waals surface area (Å²) in [7, 11) is 0. The summed E-state index contributed by atoms with van der Waals surface area (Å²) in [5.41, 5.74) is 1.44. The lowest BCUT2D eigenvalue weighted by Gasteiger charge is -2.14. The van der Waals surface area contributed by atoms with Crippen molar-refractivity contribution in [3.05, 3.63) is 46.7 Å². The smallest absolute Gasteiger partial charge is 0.349 e. The summed E-state index contributed by atoms with van der Waals surface area (Å²) < 4.78 is 20.1. The second-order valence-corrected chi connectivity index (χ2v) is 7.54. The van der Waals surface area contributed by atoms with Crippen LogP contribution in [0.25, 0.3) is 15.9 Å². The number of carbonyl (C=O) groups is 2. The molecule has 1 aromatic carbocycles. The van der Waals surface area contributed by atoms with E-state index < -0.39 is 12.1 Å². The number of amides is 1. The molecule has 6 nitrogen and oxygen atoms in total. The fourth-order valence-corrected chi connectivity index (χ4v) is 3.64. The summed E-state index contributed by atoms with van der Waals surface area (Å²) in [5.74, 6) is -1.23. The highest BCUT2D eigenvalue weighted by atomic mass is 32.1. The molecule has 0 aliphatic rings. The number of esters is 1. The van der Waals surface area contributed by atoms with Gasteiger partial charge in [-0.05, 0) is 58.0 Å². The van der Waals surface area contributed by atoms with Crippen molar-refractivity contribution >= 4 is 33.4 Å². The Kier molecular flexibility index (Phi) is 5.27. The molecule has 1 N–H and O–H groups in total. The molecule has 0 aliphatic heterocycles. The van der Waals surface area contributed by atoms with Gasteiger partial charge in [0.15, 0.2) is 6.10 Å². The van der Waals surface area contributed by atoms with E-state index in [2.05, 4.69) is 10.4 Å². The summed E-state index contributed by atoms with van der Waals surface area (Å²) in [4.78, 5) is 25.5. The Balaban J connectivity index is 1.86. The number of carbonyl (C=O) groups excluding carboxylic acids is 2. The molecule has 0 fully saturated rings. The van der Waals surface area contributed by atoms with Gasteiger partial charge in [-0.25, -0.2) is 13.9 Å². The van der Waals surface area contributed by atoms with Crippen molar-refractivity contribution in [2.45, 2.75) is 39.8 Å². The Labute approximate surface area is 159 Å². The largest absolute Gasteiger partial charge is 0.448 e. The number of hydrogen-bond acceptors (Lipinski definition) is 5. The summed E-state index contributed by atoms with van der Waals surface area (Å²) in [5, 5.41) is 7.98. The SMILES string of the molecule is Cc1nn(-c2ccc(F)cc2)c2sc(C(=O)OC(C)C(=O)NC(C)C)cc12. The number of aromatic nitrogens is 2. The third kappa shape index (κ3) is 4.00. The minimum atomic E-state index is -0.889. The lowest BCUT2D eigenvalue weighted by atomic mass is 10.3. The quantitative estimate of drug-likeness (QED) is 0.677. The molecule has 0 saturated carbocycles. The fourth-order valence-electron chi connectivity index (χ4n) is 2.58. The maximum Gasteiger partial charge on any atom is 0.349 e. The zero-order chi connectivity index (χ0) is 19.7. The summed E-state index contributed by atoms with van der Waals surface area (Å²) >= 11 is 1.22. The van der Waals surface area contributed by atoms with Crippen LogP contribution in [0, 0.1) is 12.7 Å². The standard InChI is InChI=1S/C19H20FN3O3S/c1-10(2)21-17(24)12(4)26-19(25)16-9-15-11(3)22-23(18(15)27-16)14-7-5-13(20)6-8-14/h5-10,12H,1-4H3,(H,21,24). The molecular formula is C19H20FN3O3S. The van der Waals surface area contributed by atoms with E-state index in [0.29, 0.717) is 10.6 Å². The van der Waals surface area contributed by atoms with Gasteiger partial charge in [-0.2, -0.15) is 5.10 Å². The molecule has 1 unspecified atom stereocenters. The second kappa shape index (κ2) is 7.48. The molecule has 0 saturated heterocycles. The molecule has 0 spiro atoms. The van der Waals surface area contributed by atoms with E-state index in [1.165, 1.54) is 30.4 Å². The predicted octanol–water partition coefficient (Wildman–Crippen LogP) is 3.60. The van der Waals surface area contributed by atoms with Gasteiger partial charge in [0, 0.05) is 11.4 Å². The van der Waals surface area contributed by atoms with Gasteiger partial charge in [-0.15, -0.1) is 11.3 Å². The molecule has 1 atom stereocenters. The Morgan fingerprint density at radius 1 is 1.22 bits per heavy atom. The van der Waals surface area contributed by atoms with Gasteiger partial charge in [0.1, 0.15) is 15.5 Å². The first kappa shape index (κ1) is 19.0. The first-order chi connectivity index (χ1) is 12.8. The molecule has 3 aromatic rings. The topological polar surface area (TPSA) is 73.2 Å². The van der Waals surface area contributed by atoms with E-state index in [-0.39, 0.29) is 17.8 Å². The second-order valence-electron chi connectivity index (χ2n) is 6.51. The van der Waals surface area contributed by atoms with Crippen LogP contribution in [-0.4, -0.2) is 33.8 Å². The van der Waals surface area contributed by atoms with Gasteiger partial charge < -0.3 is 10.1 Å². The maximum atomic E-state index is 13.2. The lowest BCUT2D eigenvalue weighted by Crippen LogP contribution is -2.39. The molecular weight excluding hydrogens is 369 g/mol. The maximum absolute atomic E-state index is 13.2. The van der Waals surface area contributed by atoms with Crippen LogP contribution in [0.1, 0.15) is 36.1 Å². The molecule has 142 valence electrons. The van der Waals surface area contributed by atoms with Crippen molar-refractivity contribution in [2.75, 3.05) is 0 Å². The fraction of sp³-hybridized carbons (Fsp3) is 0.316. The summed E-state index contributed by atoms with van der Waals surface area (Å²) in [6, 6.07) is 7.63. The molecule has 8 heteroatoms.